The number of sulfone groups is 1. The molecule has 2 N–H and O–H groups in total. The molecular weight excluding hydrogens is 214 g/mol. The lowest BCUT2D eigenvalue weighted by Gasteiger charge is -2.22. The predicted molar refractivity (Wildman–Crippen MR) is 62.6 cm³/mol. The molecule has 0 saturated carbocycles. The lowest BCUT2D eigenvalue weighted by molar-refractivity contribution is 0.101. The summed E-state index contributed by atoms with van der Waals surface area (Å²) in [5.74, 6) is 0.338. The fraction of sp³-hybridized carbons (Fsp3) is 1.00. The van der Waals surface area contributed by atoms with E-state index in [9.17, 15) is 8.42 Å². The van der Waals surface area contributed by atoms with Crippen molar-refractivity contribution in [3.63, 3.8) is 0 Å². The van der Waals surface area contributed by atoms with Gasteiger partial charge < -0.3 is 10.5 Å². The molecule has 92 valence electrons. The van der Waals surface area contributed by atoms with Gasteiger partial charge in [0.05, 0.1) is 19.0 Å². The van der Waals surface area contributed by atoms with Crippen molar-refractivity contribution in [3.05, 3.63) is 0 Å². The standard InChI is InChI=1S/C10H23NO3S/c1-4-7-15(12,13)8-6-14-9-10(3,11)5-2/h4-9,11H2,1-3H3. The molecule has 0 aliphatic rings. The minimum absolute atomic E-state index is 0.0979. The van der Waals surface area contributed by atoms with E-state index in [0.717, 1.165) is 6.42 Å². The first-order valence-electron chi connectivity index (χ1n) is 5.40. The lowest BCUT2D eigenvalue weighted by Crippen LogP contribution is -2.40. The van der Waals surface area contributed by atoms with Crippen LogP contribution in [-0.4, -0.2) is 38.7 Å². The van der Waals surface area contributed by atoms with Gasteiger partial charge in [-0.05, 0) is 19.8 Å². The lowest BCUT2D eigenvalue weighted by atomic mass is 10.0. The highest BCUT2D eigenvalue weighted by molar-refractivity contribution is 7.91. The van der Waals surface area contributed by atoms with Gasteiger partial charge in [-0.25, -0.2) is 8.42 Å². The van der Waals surface area contributed by atoms with Crippen molar-refractivity contribution in [2.75, 3.05) is 24.7 Å². The third-order valence-corrected chi connectivity index (χ3v) is 4.11. The van der Waals surface area contributed by atoms with Gasteiger partial charge in [-0.2, -0.15) is 0 Å². The van der Waals surface area contributed by atoms with Gasteiger partial charge in [0.25, 0.3) is 0 Å². The first kappa shape index (κ1) is 14.9. The summed E-state index contributed by atoms with van der Waals surface area (Å²) in [7, 11) is -2.92. The van der Waals surface area contributed by atoms with E-state index in [0.29, 0.717) is 13.0 Å². The number of hydrogen-bond donors (Lipinski definition) is 1. The smallest absolute Gasteiger partial charge is 0.152 e. The van der Waals surface area contributed by atoms with Crippen molar-refractivity contribution in [2.24, 2.45) is 5.73 Å². The molecular formula is C10H23NO3S. The Morgan fingerprint density at radius 1 is 1.27 bits per heavy atom. The molecule has 0 fully saturated rings. The maximum Gasteiger partial charge on any atom is 0.152 e. The summed E-state index contributed by atoms with van der Waals surface area (Å²) >= 11 is 0. The van der Waals surface area contributed by atoms with Gasteiger partial charge in [-0.3, -0.25) is 0 Å². The number of rotatable bonds is 8. The van der Waals surface area contributed by atoms with Gasteiger partial charge in [-0.1, -0.05) is 13.8 Å². The van der Waals surface area contributed by atoms with Crippen molar-refractivity contribution in [2.45, 2.75) is 39.2 Å². The van der Waals surface area contributed by atoms with E-state index in [1.807, 2.05) is 20.8 Å². The Morgan fingerprint density at radius 3 is 2.33 bits per heavy atom. The maximum absolute atomic E-state index is 11.3. The molecule has 0 radical (unpaired) electrons. The number of ether oxygens (including phenoxy) is 1. The van der Waals surface area contributed by atoms with Crippen molar-refractivity contribution < 1.29 is 13.2 Å². The van der Waals surface area contributed by atoms with Crippen LogP contribution >= 0.6 is 0 Å². The van der Waals surface area contributed by atoms with Crippen molar-refractivity contribution >= 4 is 9.84 Å². The Balaban J connectivity index is 3.72. The normalized spacial score (nSPS) is 16.3. The summed E-state index contributed by atoms with van der Waals surface area (Å²) in [5, 5.41) is 0. The van der Waals surface area contributed by atoms with Crippen molar-refractivity contribution in [3.8, 4) is 0 Å². The molecule has 1 atom stereocenters. The quantitative estimate of drug-likeness (QED) is 0.638. The fourth-order valence-electron chi connectivity index (χ4n) is 1.01. The van der Waals surface area contributed by atoms with Crippen LogP contribution in [0, 0.1) is 0 Å². The van der Waals surface area contributed by atoms with Crippen LogP contribution < -0.4 is 5.73 Å². The van der Waals surface area contributed by atoms with Gasteiger partial charge in [-0.15, -0.1) is 0 Å². The third kappa shape index (κ3) is 7.76. The molecule has 0 rings (SSSR count). The molecule has 4 nitrogen and oxygen atoms in total. The highest BCUT2D eigenvalue weighted by atomic mass is 32.2. The topological polar surface area (TPSA) is 69.4 Å². The average Bonchev–Trinajstić information content (AvgIpc) is 2.13. The SMILES string of the molecule is CCCS(=O)(=O)CCOCC(C)(N)CC. The first-order chi connectivity index (χ1) is 6.83. The summed E-state index contributed by atoms with van der Waals surface area (Å²) in [6.45, 7) is 6.39. The predicted octanol–water partition coefficient (Wildman–Crippen LogP) is 0.955. The van der Waals surface area contributed by atoms with Gasteiger partial charge in [0, 0.05) is 11.3 Å². The summed E-state index contributed by atoms with van der Waals surface area (Å²) in [6.07, 6.45) is 1.47. The zero-order chi connectivity index (χ0) is 11.9. The van der Waals surface area contributed by atoms with E-state index in [-0.39, 0.29) is 23.7 Å². The van der Waals surface area contributed by atoms with Crippen LogP contribution in [0.15, 0.2) is 0 Å². The molecule has 0 heterocycles. The minimum atomic E-state index is -2.92. The molecule has 1 unspecified atom stereocenters. The van der Waals surface area contributed by atoms with Crippen LogP contribution in [0.1, 0.15) is 33.6 Å². The summed E-state index contributed by atoms with van der Waals surface area (Å²) in [6, 6.07) is 0. The first-order valence-corrected chi connectivity index (χ1v) is 7.22. The minimum Gasteiger partial charge on any atom is -0.379 e. The molecule has 0 bridgehead atoms. The highest BCUT2D eigenvalue weighted by Gasteiger charge is 2.16. The van der Waals surface area contributed by atoms with E-state index < -0.39 is 9.84 Å². The highest BCUT2D eigenvalue weighted by Crippen LogP contribution is 2.05. The molecule has 0 amide bonds. The Hall–Kier alpha value is -0.130. The Kier molecular flexibility index (Phi) is 6.40. The average molecular weight is 237 g/mol. The molecule has 0 aromatic carbocycles. The molecule has 0 spiro atoms. The summed E-state index contributed by atoms with van der Waals surface area (Å²) in [5.41, 5.74) is 5.50. The second-order valence-electron chi connectivity index (χ2n) is 4.21. The van der Waals surface area contributed by atoms with E-state index in [2.05, 4.69) is 0 Å². The molecule has 0 aliphatic heterocycles. The Bertz CT molecular complexity index is 260. The van der Waals surface area contributed by atoms with Crippen LogP contribution in [0.3, 0.4) is 0 Å². The summed E-state index contributed by atoms with van der Waals surface area (Å²) < 4.78 is 27.9. The zero-order valence-electron chi connectivity index (χ0n) is 9.95. The molecule has 0 aromatic rings. The van der Waals surface area contributed by atoms with Crippen LogP contribution in [0.4, 0.5) is 0 Å². The summed E-state index contributed by atoms with van der Waals surface area (Å²) in [4.78, 5) is 0. The molecule has 15 heavy (non-hydrogen) atoms. The van der Waals surface area contributed by atoms with E-state index in [1.165, 1.54) is 0 Å². The van der Waals surface area contributed by atoms with E-state index in [1.54, 1.807) is 0 Å². The van der Waals surface area contributed by atoms with Crippen LogP contribution in [0.25, 0.3) is 0 Å². The molecule has 0 aromatic heterocycles. The second-order valence-corrected chi connectivity index (χ2v) is 6.52. The fourth-order valence-corrected chi connectivity index (χ4v) is 2.20. The van der Waals surface area contributed by atoms with Crippen LogP contribution in [0.5, 0.6) is 0 Å². The van der Waals surface area contributed by atoms with Gasteiger partial charge in [0.2, 0.25) is 0 Å². The van der Waals surface area contributed by atoms with Gasteiger partial charge >= 0.3 is 0 Å². The Morgan fingerprint density at radius 2 is 1.87 bits per heavy atom. The van der Waals surface area contributed by atoms with Gasteiger partial charge in [0.1, 0.15) is 0 Å². The van der Waals surface area contributed by atoms with Crippen LogP contribution in [-0.2, 0) is 14.6 Å². The Labute approximate surface area is 93.1 Å². The van der Waals surface area contributed by atoms with Crippen LogP contribution in [0.2, 0.25) is 0 Å². The molecule has 5 heteroatoms. The third-order valence-electron chi connectivity index (χ3n) is 2.29. The molecule has 0 aliphatic carbocycles. The molecule has 0 saturated heterocycles. The zero-order valence-corrected chi connectivity index (χ0v) is 10.8. The maximum atomic E-state index is 11.3. The van der Waals surface area contributed by atoms with Gasteiger partial charge in [0.15, 0.2) is 9.84 Å². The number of hydrogen-bond acceptors (Lipinski definition) is 4. The second kappa shape index (κ2) is 6.45. The van der Waals surface area contributed by atoms with E-state index in [4.69, 9.17) is 10.5 Å². The number of nitrogens with two attached hydrogens (primary N) is 1. The van der Waals surface area contributed by atoms with Crippen molar-refractivity contribution in [1.82, 2.24) is 0 Å². The monoisotopic (exact) mass is 237 g/mol. The largest absolute Gasteiger partial charge is 0.379 e. The van der Waals surface area contributed by atoms with E-state index >= 15 is 0 Å². The van der Waals surface area contributed by atoms with Crippen molar-refractivity contribution in [1.29, 1.82) is 0 Å².